The Hall–Kier alpha value is -0.320. The number of alkyl halides is 2. The maximum absolute atomic E-state index is 12.5. The maximum Gasteiger partial charge on any atom is 0.260 e. The van der Waals surface area contributed by atoms with Crippen LogP contribution in [0.4, 0.5) is 8.78 Å². The molecule has 0 aromatic rings. The van der Waals surface area contributed by atoms with Gasteiger partial charge in [0.05, 0.1) is 0 Å². The van der Waals surface area contributed by atoms with Crippen LogP contribution in [0.15, 0.2) is 0 Å². The number of halogens is 2. The van der Waals surface area contributed by atoms with Crippen molar-refractivity contribution in [1.29, 1.82) is 0 Å². The van der Waals surface area contributed by atoms with Crippen LogP contribution in [0.5, 0.6) is 0 Å². The zero-order valence-electron chi connectivity index (χ0n) is 7.76. The molecule has 0 bridgehead atoms. The van der Waals surface area contributed by atoms with Crippen LogP contribution in [-0.2, 0) is 4.79 Å². The van der Waals surface area contributed by atoms with Gasteiger partial charge in [-0.3, -0.25) is 4.79 Å². The third kappa shape index (κ3) is 2.19. The van der Waals surface area contributed by atoms with Crippen molar-refractivity contribution in [2.24, 2.45) is 5.92 Å². The molecule has 0 unspecified atom stereocenters. The Labute approximate surface area is 85.8 Å². The number of hydrogen-bond acceptors (Lipinski definition) is 2. The van der Waals surface area contributed by atoms with E-state index in [1.54, 1.807) is 11.8 Å². The Morgan fingerprint density at radius 3 is 2.71 bits per heavy atom. The van der Waals surface area contributed by atoms with Gasteiger partial charge in [0.2, 0.25) is 5.91 Å². The molecule has 2 fully saturated rings. The number of thioether (sulfide) groups is 1. The van der Waals surface area contributed by atoms with E-state index >= 15 is 0 Å². The average molecular weight is 221 g/mol. The normalized spacial score (nSPS) is 35.0. The molecule has 0 spiro atoms. The first-order valence-electron chi connectivity index (χ1n) is 4.85. The van der Waals surface area contributed by atoms with E-state index in [1.165, 1.54) is 0 Å². The smallest absolute Gasteiger partial charge is 0.260 e. The van der Waals surface area contributed by atoms with E-state index in [2.05, 4.69) is 5.32 Å². The quantitative estimate of drug-likeness (QED) is 0.768. The standard InChI is InChI=1S/C9H13F2NOS/c10-9(11)4-7(9)8(13)12-6-2-1-3-14-5-6/h6-7H,1-5H2,(H,12,13)/t6-,7+/m1/s1. The minimum Gasteiger partial charge on any atom is -0.352 e. The Morgan fingerprint density at radius 1 is 1.50 bits per heavy atom. The van der Waals surface area contributed by atoms with Crippen LogP contribution < -0.4 is 5.32 Å². The lowest BCUT2D eigenvalue weighted by molar-refractivity contribution is -0.125. The maximum atomic E-state index is 12.5. The van der Waals surface area contributed by atoms with Crippen molar-refractivity contribution in [2.45, 2.75) is 31.2 Å². The highest BCUT2D eigenvalue weighted by molar-refractivity contribution is 7.99. The third-order valence-corrected chi connectivity index (χ3v) is 3.86. The molecule has 2 atom stereocenters. The summed E-state index contributed by atoms with van der Waals surface area (Å²) < 4.78 is 25.1. The predicted octanol–water partition coefficient (Wildman–Crippen LogP) is 1.65. The second-order valence-electron chi connectivity index (χ2n) is 3.94. The summed E-state index contributed by atoms with van der Waals surface area (Å²) in [5, 5.41) is 2.70. The molecule has 2 nitrogen and oxygen atoms in total. The molecule has 2 aliphatic rings. The van der Waals surface area contributed by atoms with E-state index < -0.39 is 17.7 Å². The van der Waals surface area contributed by atoms with Crippen LogP contribution in [0.25, 0.3) is 0 Å². The lowest BCUT2D eigenvalue weighted by atomic mass is 10.2. The van der Waals surface area contributed by atoms with Gasteiger partial charge in [-0.25, -0.2) is 8.78 Å². The highest BCUT2D eigenvalue weighted by Gasteiger charge is 2.61. The average Bonchev–Trinajstić information content (AvgIpc) is 2.77. The molecular formula is C9H13F2NOS. The van der Waals surface area contributed by atoms with E-state index in [1.807, 2.05) is 0 Å². The van der Waals surface area contributed by atoms with E-state index in [-0.39, 0.29) is 12.5 Å². The molecule has 1 N–H and O–H groups in total. The van der Waals surface area contributed by atoms with Gasteiger partial charge in [-0.05, 0) is 18.6 Å². The first-order chi connectivity index (χ1) is 6.59. The second-order valence-corrected chi connectivity index (χ2v) is 5.09. The number of carbonyl (C=O) groups excluding carboxylic acids is 1. The molecule has 14 heavy (non-hydrogen) atoms. The number of carbonyl (C=O) groups is 1. The molecular weight excluding hydrogens is 208 g/mol. The van der Waals surface area contributed by atoms with Gasteiger partial charge in [0, 0.05) is 18.2 Å². The van der Waals surface area contributed by atoms with Gasteiger partial charge in [-0.15, -0.1) is 0 Å². The van der Waals surface area contributed by atoms with Crippen LogP contribution in [0, 0.1) is 5.92 Å². The molecule has 1 amide bonds. The Balaban J connectivity index is 1.77. The van der Waals surface area contributed by atoms with Gasteiger partial charge in [-0.1, -0.05) is 0 Å². The third-order valence-electron chi connectivity index (χ3n) is 2.65. The van der Waals surface area contributed by atoms with Gasteiger partial charge < -0.3 is 5.32 Å². The number of nitrogens with one attached hydrogen (secondary N) is 1. The van der Waals surface area contributed by atoms with E-state index in [0.717, 1.165) is 24.3 Å². The molecule has 80 valence electrons. The fraction of sp³-hybridized carbons (Fsp3) is 0.889. The van der Waals surface area contributed by atoms with Crippen LogP contribution in [0.3, 0.4) is 0 Å². The molecule has 5 heteroatoms. The SMILES string of the molecule is O=C(N[C@@H]1CCCSC1)[C@@H]1CC1(F)F. The van der Waals surface area contributed by atoms with Crippen LogP contribution in [0.2, 0.25) is 0 Å². The molecule has 0 radical (unpaired) electrons. The van der Waals surface area contributed by atoms with Gasteiger partial charge in [0.25, 0.3) is 5.92 Å². The molecule has 1 heterocycles. The molecule has 1 aliphatic carbocycles. The van der Waals surface area contributed by atoms with Crippen LogP contribution >= 0.6 is 11.8 Å². The van der Waals surface area contributed by atoms with Gasteiger partial charge >= 0.3 is 0 Å². The van der Waals surface area contributed by atoms with E-state index in [0.29, 0.717) is 0 Å². The van der Waals surface area contributed by atoms with Crippen molar-refractivity contribution in [1.82, 2.24) is 5.32 Å². The molecule has 0 aromatic heterocycles. The summed E-state index contributed by atoms with van der Waals surface area (Å²) in [7, 11) is 0. The zero-order chi connectivity index (χ0) is 10.2. The van der Waals surface area contributed by atoms with Crippen molar-refractivity contribution in [2.75, 3.05) is 11.5 Å². The number of amides is 1. The lowest BCUT2D eigenvalue weighted by Crippen LogP contribution is -2.40. The molecule has 2 rings (SSSR count). The minimum atomic E-state index is -2.73. The zero-order valence-corrected chi connectivity index (χ0v) is 8.58. The predicted molar refractivity (Wildman–Crippen MR) is 51.5 cm³/mol. The van der Waals surface area contributed by atoms with E-state index in [9.17, 15) is 13.6 Å². The largest absolute Gasteiger partial charge is 0.352 e. The molecule has 1 aliphatic heterocycles. The Bertz CT molecular complexity index is 241. The summed E-state index contributed by atoms with van der Waals surface area (Å²) in [6.45, 7) is 0. The molecule has 0 aromatic carbocycles. The first-order valence-corrected chi connectivity index (χ1v) is 6.01. The van der Waals surface area contributed by atoms with Crippen molar-refractivity contribution in [3.05, 3.63) is 0 Å². The topological polar surface area (TPSA) is 29.1 Å². The highest BCUT2D eigenvalue weighted by Crippen LogP contribution is 2.48. The van der Waals surface area contributed by atoms with Crippen molar-refractivity contribution in [3.8, 4) is 0 Å². The number of hydrogen-bond donors (Lipinski definition) is 1. The summed E-state index contributed by atoms with van der Waals surface area (Å²) in [4.78, 5) is 11.3. The van der Waals surface area contributed by atoms with Gasteiger partial charge in [0.15, 0.2) is 0 Å². The van der Waals surface area contributed by atoms with E-state index in [4.69, 9.17) is 0 Å². The summed E-state index contributed by atoms with van der Waals surface area (Å²) in [6.07, 6.45) is 1.73. The van der Waals surface area contributed by atoms with Crippen molar-refractivity contribution >= 4 is 17.7 Å². The summed E-state index contributed by atoms with van der Waals surface area (Å²) in [6, 6.07) is 0.109. The van der Waals surface area contributed by atoms with Crippen molar-refractivity contribution < 1.29 is 13.6 Å². The Kier molecular flexibility index (Phi) is 2.68. The monoisotopic (exact) mass is 221 g/mol. The van der Waals surface area contributed by atoms with Crippen LogP contribution in [0.1, 0.15) is 19.3 Å². The summed E-state index contributed by atoms with van der Waals surface area (Å²) in [5.41, 5.74) is 0. The summed E-state index contributed by atoms with van der Waals surface area (Å²) in [5.74, 6) is -2.25. The van der Waals surface area contributed by atoms with Crippen LogP contribution in [-0.4, -0.2) is 29.4 Å². The highest BCUT2D eigenvalue weighted by atomic mass is 32.2. The van der Waals surface area contributed by atoms with Gasteiger partial charge in [-0.2, -0.15) is 11.8 Å². The molecule has 1 saturated heterocycles. The van der Waals surface area contributed by atoms with Gasteiger partial charge in [0.1, 0.15) is 5.92 Å². The lowest BCUT2D eigenvalue weighted by Gasteiger charge is -2.22. The first kappa shape index (κ1) is 10.2. The fourth-order valence-electron chi connectivity index (χ4n) is 1.65. The Morgan fingerprint density at radius 2 is 2.21 bits per heavy atom. The molecule has 1 saturated carbocycles. The summed E-state index contributed by atoms with van der Waals surface area (Å²) >= 11 is 1.77. The number of rotatable bonds is 2. The fourth-order valence-corrected chi connectivity index (χ4v) is 2.73. The minimum absolute atomic E-state index is 0.109. The second kappa shape index (κ2) is 3.68. The van der Waals surface area contributed by atoms with Crippen molar-refractivity contribution in [3.63, 3.8) is 0 Å².